The summed E-state index contributed by atoms with van der Waals surface area (Å²) < 4.78 is 0. The van der Waals surface area contributed by atoms with Gasteiger partial charge in [-0.3, -0.25) is 0 Å². The van der Waals surface area contributed by atoms with E-state index in [0.29, 0.717) is 0 Å². The fourth-order valence-corrected chi connectivity index (χ4v) is 3.96. The molecule has 1 aliphatic carbocycles. The molecular formula is C16H23Br. The monoisotopic (exact) mass is 294 g/mol. The third-order valence-corrected chi connectivity index (χ3v) is 5.33. The molecule has 0 spiro atoms. The highest BCUT2D eigenvalue weighted by Gasteiger charge is 2.23. The summed E-state index contributed by atoms with van der Waals surface area (Å²) in [4.78, 5) is 0.733. The smallest absolute Gasteiger partial charge is 0.0177 e. The molecule has 0 aliphatic heterocycles. The minimum absolute atomic E-state index is 0.733. The van der Waals surface area contributed by atoms with E-state index in [1.807, 2.05) is 0 Å². The highest BCUT2D eigenvalue weighted by atomic mass is 79.9. The van der Waals surface area contributed by atoms with Gasteiger partial charge < -0.3 is 0 Å². The lowest BCUT2D eigenvalue weighted by molar-refractivity contribution is 0.372. The molecule has 0 aromatic heterocycles. The van der Waals surface area contributed by atoms with Crippen molar-refractivity contribution < 1.29 is 0 Å². The van der Waals surface area contributed by atoms with Crippen LogP contribution >= 0.6 is 15.9 Å². The zero-order valence-electron chi connectivity index (χ0n) is 11.2. The first-order valence-electron chi connectivity index (χ1n) is 6.78. The molecule has 0 N–H and O–H groups in total. The summed E-state index contributed by atoms with van der Waals surface area (Å²) in [6, 6.07) is 4.66. The van der Waals surface area contributed by atoms with Crippen LogP contribution in [0.25, 0.3) is 0 Å². The molecule has 0 nitrogen and oxygen atoms in total. The lowest BCUT2D eigenvalue weighted by Gasteiger charge is -2.28. The summed E-state index contributed by atoms with van der Waals surface area (Å²) in [7, 11) is 0. The van der Waals surface area contributed by atoms with Crippen LogP contribution in [0.1, 0.15) is 47.9 Å². The Morgan fingerprint density at radius 2 is 1.65 bits per heavy atom. The number of aryl methyl sites for hydroxylation is 3. The van der Waals surface area contributed by atoms with Gasteiger partial charge in [0.15, 0.2) is 0 Å². The van der Waals surface area contributed by atoms with E-state index in [2.05, 4.69) is 48.8 Å². The molecule has 1 aromatic rings. The van der Waals surface area contributed by atoms with Crippen molar-refractivity contribution in [3.63, 3.8) is 0 Å². The van der Waals surface area contributed by atoms with Gasteiger partial charge in [0.05, 0.1) is 0 Å². The van der Waals surface area contributed by atoms with Crippen LogP contribution in [-0.4, -0.2) is 4.83 Å². The third kappa shape index (κ3) is 3.13. The van der Waals surface area contributed by atoms with Gasteiger partial charge in [-0.05, 0) is 62.6 Å². The van der Waals surface area contributed by atoms with Crippen LogP contribution in [0.4, 0.5) is 0 Å². The maximum Gasteiger partial charge on any atom is 0.0177 e. The van der Waals surface area contributed by atoms with Crippen LogP contribution in [-0.2, 0) is 6.42 Å². The first-order valence-corrected chi connectivity index (χ1v) is 7.70. The van der Waals surface area contributed by atoms with Crippen molar-refractivity contribution >= 4 is 15.9 Å². The van der Waals surface area contributed by atoms with Crippen molar-refractivity contribution in [3.8, 4) is 0 Å². The van der Waals surface area contributed by atoms with Gasteiger partial charge in [-0.15, -0.1) is 0 Å². The summed E-state index contributed by atoms with van der Waals surface area (Å²) in [6.07, 6.45) is 6.82. The Kier molecular flexibility index (Phi) is 4.30. The zero-order chi connectivity index (χ0) is 12.4. The Hall–Kier alpha value is -0.300. The number of rotatable bonds is 2. The van der Waals surface area contributed by atoms with Gasteiger partial charge in [0.25, 0.3) is 0 Å². The quantitative estimate of drug-likeness (QED) is 0.665. The molecule has 0 saturated heterocycles. The average molecular weight is 295 g/mol. The molecule has 0 radical (unpaired) electrons. The molecule has 0 bridgehead atoms. The molecule has 0 heterocycles. The van der Waals surface area contributed by atoms with Gasteiger partial charge in [-0.25, -0.2) is 0 Å². The molecule has 2 atom stereocenters. The Balaban J connectivity index is 2.17. The van der Waals surface area contributed by atoms with Gasteiger partial charge in [0.1, 0.15) is 0 Å². The van der Waals surface area contributed by atoms with Crippen LogP contribution in [0, 0.1) is 26.7 Å². The lowest BCUT2D eigenvalue weighted by atomic mass is 9.82. The van der Waals surface area contributed by atoms with Crippen molar-refractivity contribution in [2.75, 3.05) is 0 Å². The molecule has 1 aliphatic rings. The largest absolute Gasteiger partial charge is 0.0888 e. The minimum Gasteiger partial charge on any atom is -0.0888 e. The summed E-state index contributed by atoms with van der Waals surface area (Å²) >= 11 is 3.88. The van der Waals surface area contributed by atoms with Gasteiger partial charge >= 0.3 is 0 Å². The Labute approximate surface area is 114 Å². The molecular weight excluding hydrogens is 272 g/mol. The molecule has 0 amide bonds. The summed E-state index contributed by atoms with van der Waals surface area (Å²) in [6.45, 7) is 6.72. The number of hydrogen-bond acceptors (Lipinski definition) is 0. The van der Waals surface area contributed by atoms with E-state index in [0.717, 1.165) is 10.7 Å². The standard InChI is InChI=1S/C16H23Br/c1-11-8-12(2)15(13(3)9-11)10-14-6-4-5-7-16(14)17/h8-9,14,16H,4-7,10H2,1-3H3. The Morgan fingerprint density at radius 1 is 1.06 bits per heavy atom. The predicted molar refractivity (Wildman–Crippen MR) is 79.0 cm³/mol. The second kappa shape index (κ2) is 5.56. The highest BCUT2D eigenvalue weighted by molar-refractivity contribution is 9.09. The average Bonchev–Trinajstić information content (AvgIpc) is 2.25. The van der Waals surface area contributed by atoms with Gasteiger partial charge in [-0.1, -0.05) is 46.5 Å². The van der Waals surface area contributed by atoms with E-state index in [4.69, 9.17) is 0 Å². The fourth-order valence-electron chi connectivity index (χ4n) is 3.19. The van der Waals surface area contributed by atoms with Gasteiger partial charge in [-0.2, -0.15) is 0 Å². The van der Waals surface area contributed by atoms with E-state index in [9.17, 15) is 0 Å². The molecule has 1 fully saturated rings. The Bertz CT molecular complexity index is 372. The normalized spacial score (nSPS) is 24.9. The number of halogens is 1. The van der Waals surface area contributed by atoms with Crippen molar-refractivity contribution in [1.29, 1.82) is 0 Å². The second-order valence-corrected chi connectivity index (χ2v) is 6.82. The molecule has 17 heavy (non-hydrogen) atoms. The highest BCUT2D eigenvalue weighted by Crippen LogP contribution is 2.33. The molecule has 1 aromatic carbocycles. The van der Waals surface area contributed by atoms with Crippen molar-refractivity contribution in [2.45, 2.75) is 57.7 Å². The Morgan fingerprint density at radius 3 is 2.24 bits per heavy atom. The van der Waals surface area contributed by atoms with Crippen molar-refractivity contribution in [2.24, 2.45) is 5.92 Å². The van der Waals surface area contributed by atoms with E-state index in [-0.39, 0.29) is 0 Å². The predicted octanol–water partition coefficient (Wildman–Crippen LogP) is 5.11. The molecule has 2 unspecified atom stereocenters. The van der Waals surface area contributed by atoms with Crippen LogP contribution in [0.3, 0.4) is 0 Å². The van der Waals surface area contributed by atoms with Crippen molar-refractivity contribution in [3.05, 3.63) is 34.4 Å². The summed E-state index contributed by atoms with van der Waals surface area (Å²) in [5.41, 5.74) is 5.94. The van der Waals surface area contributed by atoms with Gasteiger partial charge in [0.2, 0.25) is 0 Å². The molecule has 94 valence electrons. The van der Waals surface area contributed by atoms with E-state index >= 15 is 0 Å². The molecule has 2 rings (SSSR count). The first kappa shape index (κ1) is 13.1. The maximum absolute atomic E-state index is 3.88. The summed E-state index contributed by atoms with van der Waals surface area (Å²) in [5, 5.41) is 0. The fraction of sp³-hybridized carbons (Fsp3) is 0.625. The van der Waals surface area contributed by atoms with Crippen molar-refractivity contribution in [1.82, 2.24) is 0 Å². The zero-order valence-corrected chi connectivity index (χ0v) is 12.8. The lowest BCUT2D eigenvalue weighted by Crippen LogP contribution is -2.22. The summed E-state index contributed by atoms with van der Waals surface area (Å²) in [5.74, 6) is 0.837. The first-order chi connectivity index (χ1) is 8.08. The van der Waals surface area contributed by atoms with E-state index < -0.39 is 0 Å². The SMILES string of the molecule is Cc1cc(C)c(CC2CCCCC2Br)c(C)c1. The third-order valence-electron chi connectivity index (χ3n) is 4.12. The number of benzene rings is 1. The van der Waals surface area contributed by atoms with E-state index in [1.165, 1.54) is 48.8 Å². The van der Waals surface area contributed by atoms with E-state index in [1.54, 1.807) is 5.56 Å². The number of alkyl halides is 1. The van der Waals surface area contributed by atoms with Gasteiger partial charge in [0, 0.05) is 4.83 Å². The van der Waals surface area contributed by atoms with Crippen LogP contribution in [0.5, 0.6) is 0 Å². The number of hydrogen-bond donors (Lipinski definition) is 0. The molecule has 1 saturated carbocycles. The molecule has 1 heteroatoms. The second-order valence-electron chi connectivity index (χ2n) is 5.64. The minimum atomic E-state index is 0.733. The van der Waals surface area contributed by atoms with Crippen LogP contribution < -0.4 is 0 Å². The van der Waals surface area contributed by atoms with Crippen LogP contribution in [0.15, 0.2) is 12.1 Å². The topological polar surface area (TPSA) is 0 Å². The maximum atomic E-state index is 3.88. The van der Waals surface area contributed by atoms with Crippen LogP contribution in [0.2, 0.25) is 0 Å².